The summed E-state index contributed by atoms with van der Waals surface area (Å²) in [6.07, 6.45) is 2.72. The molecule has 1 atom stereocenters. The van der Waals surface area contributed by atoms with Crippen molar-refractivity contribution < 1.29 is 9.18 Å². The number of hydrogen-bond acceptors (Lipinski definition) is 1. The summed E-state index contributed by atoms with van der Waals surface area (Å²) in [5, 5.41) is 0. The van der Waals surface area contributed by atoms with Crippen LogP contribution in [0, 0.1) is 5.82 Å². The Hall–Kier alpha value is -2.16. The lowest BCUT2D eigenvalue weighted by Gasteiger charge is -2.40. The average molecular weight is 283 g/mol. The van der Waals surface area contributed by atoms with Crippen LogP contribution in [0.2, 0.25) is 0 Å². The molecule has 0 spiro atoms. The lowest BCUT2D eigenvalue weighted by Crippen LogP contribution is -2.46. The van der Waals surface area contributed by atoms with Crippen molar-refractivity contribution >= 4 is 11.6 Å². The molecule has 3 rings (SSSR count). The lowest BCUT2D eigenvalue weighted by atomic mass is 9.92. The Morgan fingerprint density at radius 3 is 2.33 bits per heavy atom. The summed E-state index contributed by atoms with van der Waals surface area (Å²) in [5.41, 5.74) is 3.22. The van der Waals surface area contributed by atoms with E-state index in [2.05, 4.69) is 31.2 Å². The summed E-state index contributed by atoms with van der Waals surface area (Å²) in [5.74, 6) is -0.198. The number of halogens is 1. The molecule has 0 aliphatic carbocycles. The van der Waals surface area contributed by atoms with Crippen LogP contribution in [0.5, 0.6) is 0 Å². The third kappa shape index (κ3) is 2.68. The van der Waals surface area contributed by atoms with Crippen LogP contribution in [-0.4, -0.2) is 5.91 Å². The number of benzene rings is 2. The van der Waals surface area contributed by atoms with E-state index in [1.54, 1.807) is 17.0 Å². The molecule has 1 aliphatic rings. The Morgan fingerprint density at radius 2 is 1.76 bits per heavy atom. The van der Waals surface area contributed by atoms with Gasteiger partial charge in [0.05, 0.1) is 12.5 Å². The van der Waals surface area contributed by atoms with E-state index in [-0.39, 0.29) is 17.8 Å². The third-order valence-electron chi connectivity index (χ3n) is 3.96. The summed E-state index contributed by atoms with van der Waals surface area (Å²) in [7, 11) is 0. The Bertz CT molecular complexity index is 633. The van der Waals surface area contributed by atoms with Crippen molar-refractivity contribution in [3.05, 3.63) is 65.5 Å². The number of nitrogens with zero attached hydrogens (tertiary/aromatic N) is 1. The third-order valence-corrected chi connectivity index (χ3v) is 3.96. The van der Waals surface area contributed by atoms with E-state index >= 15 is 0 Å². The molecule has 0 N–H and O–H groups in total. The molecule has 1 fully saturated rings. The highest BCUT2D eigenvalue weighted by Crippen LogP contribution is 2.38. The fourth-order valence-corrected chi connectivity index (χ4v) is 2.80. The number of amides is 1. The van der Waals surface area contributed by atoms with Gasteiger partial charge in [-0.25, -0.2) is 4.39 Å². The van der Waals surface area contributed by atoms with Crippen LogP contribution in [-0.2, 0) is 11.2 Å². The molecule has 1 saturated heterocycles. The molecule has 1 heterocycles. The van der Waals surface area contributed by atoms with Crippen LogP contribution >= 0.6 is 0 Å². The van der Waals surface area contributed by atoms with Gasteiger partial charge in [0, 0.05) is 5.69 Å². The van der Waals surface area contributed by atoms with Gasteiger partial charge in [-0.3, -0.25) is 4.79 Å². The second-order valence-electron chi connectivity index (χ2n) is 5.45. The first kappa shape index (κ1) is 13.8. The van der Waals surface area contributed by atoms with Crippen LogP contribution in [0.25, 0.3) is 0 Å². The predicted octanol–water partition coefficient (Wildman–Crippen LogP) is 4.26. The highest BCUT2D eigenvalue weighted by Gasteiger charge is 2.38. The van der Waals surface area contributed by atoms with Gasteiger partial charge in [-0.2, -0.15) is 0 Å². The van der Waals surface area contributed by atoms with E-state index in [1.165, 1.54) is 17.7 Å². The molecule has 1 aliphatic heterocycles. The molecule has 0 saturated carbocycles. The maximum Gasteiger partial charge on any atom is 0.230 e. The smallest absolute Gasteiger partial charge is 0.230 e. The molecule has 21 heavy (non-hydrogen) atoms. The van der Waals surface area contributed by atoms with Gasteiger partial charge in [-0.05, 0) is 41.8 Å². The number of carbonyl (C=O) groups excluding carboxylic acids is 1. The molecule has 108 valence electrons. The van der Waals surface area contributed by atoms with Gasteiger partial charge in [-0.1, -0.05) is 37.6 Å². The topological polar surface area (TPSA) is 20.3 Å². The molecule has 3 heteroatoms. The quantitative estimate of drug-likeness (QED) is 0.768. The normalized spacial score (nSPS) is 17.7. The maximum atomic E-state index is 13.0. The van der Waals surface area contributed by atoms with Crippen LogP contribution in [0.3, 0.4) is 0 Å². The van der Waals surface area contributed by atoms with Gasteiger partial charge in [0.25, 0.3) is 0 Å². The van der Waals surface area contributed by atoms with Crippen molar-refractivity contribution in [3.8, 4) is 0 Å². The van der Waals surface area contributed by atoms with Crippen LogP contribution in [0.15, 0.2) is 48.5 Å². The Morgan fingerprint density at radius 1 is 1.10 bits per heavy atom. The van der Waals surface area contributed by atoms with Gasteiger partial charge in [0.15, 0.2) is 0 Å². The minimum Gasteiger partial charge on any atom is -0.304 e. The molecular weight excluding hydrogens is 265 g/mol. The van der Waals surface area contributed by atoms with E-state index in [9.17, 15) is 9.18 Å². The number of rotatable bonds is 4. The van der Waals surface area contributed by atoms with E-state index in [0.29, 0.717) is 6.42 Å². The standard InChI is InChI=1S/C18H18FNO/c1-2-3-13-4-6-14(7-5-13)17-12-18(21)20(17)16-10-8-15(19)9-11-16/h4-11,17H,2-3,12H2,1H3. The first-order chi connectivity index (χ1) is 10.2. The van der Waals surface area contributed by atoms with Crippen molar-refractivity contribution in [2.75, 3.05) is 4.90 Å². The van der Waals surface area contributed by atoms with Gasteiger partial charge in [0.1, 0.15) is 5.82 Å². The molecule has 0 aromatic heterocycles. The van der Waals surface area contributed by atoms with Gasteiger partial charge < -0.3 is 4.90 Å². The fraction of sp³-hybridized carbons (Fsp3) is 0.278. The van der Waals surface area contributed by atoms with Crippen LogP contribution in [0.4, 0.5) is 10.1 Å². The van der Waals surface area contributed by atoms with Crippen molar-refractivity contribution in [3.63, 3.8) is 0 Å². The highest BCUT2D eigenvalue weighted by atomic mass is 19.1. The van der Waals surface area contributed by atoms with E-state index in [4.69, 9.17) is 0 Å². The number of carbonyl (C=O) groups is 1. The second-order valence-corrected chi connectivity index (χ2v) is 5.45. The molecule has 1 amide bonds. The summed E-state index contributed by atoms with van der Waals surface area (Å²) >= 11 is 0. The lowest BCUT2D eigenvalue weighted by molar-refractivity contribution is -0.124. The summed E-state index contributed by atoms with van der Waals surface area (Å²) < 4.78 is 13.0. The summed E-state index contributed by atoms with van der Waals surface area (Å²) in [6.45, 7) is 2.16. The molecule has 2 nitrogen and oxygen atoms in total. The van der Waals surface area contributed by atoms with E-state index in [1.807, 2.05) is 0 Å². The molecule has 1 unspecified atom stereocenters. The van der Waals surface area contributed by atoms with Crippen molar-refractivity contribution in [1.29, 1.82) is 0 Å². The Labute approximate surface area is 124 Å². The zero-order valence-electron chi connectivity index (χ0n) is 12.1. The maximum absolute atomic E-state index is 13.0. The van der Waals surface area contributed by atoms with Crippen molar-refractivity contribution in [2.45, 2.75) is 32.2 Å². The van der Waals surface area contributed by atoms with Gasteiger partial charge >= 0.3 is 0 Å². The van der Waals surface area contributed by atoms with E-state index in [0.717, 1.165) is 24.1 Å². The van der Waals surface area contributed by atoms with Gasteiger partial charge in [0.2, 0.25) is 5.91 Å². The second kappa shape index (κ2) is 5.68. The minimum atomic E-state index is -0.285. The Balaban J connectivity index is 1.82. The molecular formula is C18H18FNO. The molecule has 0 radical (unpaired) electrons. The van der Waals surface area contributed by atoms with Crippen LogP contribution < -0.4 is 4.90 Å². The first-order valence-electron chi connectivity index (χ1n) is 7.35. The summed E-state index contributed by atoms with van der Waals surface area (Å²) in [4.78, 5) is 13.6. The zero-order valence-corrected chi connectivity index (χ0v) is 12.1. The monoisotopic (exact) mass is 283 g/mol. The largest absolute Gasteiger partial charge is 0.304 e. The number of aryl methyl sites for hydroxylation is 1. The van der Waals surface area contributed by atoms with Crippen molar-refractivity contribution in [2.24, 2.45) is 0 Å². The fourth-order valence-electron chi connectivity index (χ4n) is 2.80. The average Bonchev–Trinajstić information content (AvgIpc) is 2.48. The Kier molecular flexibility index (Phi) is 3.74. The SMILES string of the molecule is CCCc1ccc(C2CC(=O)N2c2ccc(F)cc2)cc1. The predicted molar refractivity (Wildman–Crippen MR) is 81.7 cm³/mol. The number of β-lactam (4-membered cyclic amide) rings is 1. The van der Waals surface area contributed by atoms with E-state index < -0.39 is 0 Å². The van der Waals surface area contributed by atoms with Crippen LogP contribution in [0.1, 0.15) is 36.9 Å². The van der Waals surface area contributed by atoms with Crippen molar-refractivity contribution in [1.82, 2.24) is 0 Å². The zero-order chi connectivity index (χ0) is 14.8. The molecule has 2 aromatic carbocycles. The first-order valence-corrected chi connectivity index (χ1v) is 7.35. The highest BCUT2D eigenvalue weighted by molar-refractivity contribution is 6.01. The van der Waals surface area contributed by atoms with Gasteiger partial charge in [-0.15, -0.1) is 0 Å². The summed E-state index contributed by atoms with van der Waals surface area (Å²) in [6, 6.07) is 14.6. The number of hydrogen-bond donors (Lipinski definition) is 0. The molecule has 0 bridgehead atoms. The molecule has 2 aromatic rings. The minimum absolute atomic E-state index is 0.0682. The number of anilines is 1.